The molecule has 1 aliphatic heterocycles. The number of rotatable bonds is 5. The van der Waals surface area contributed by atoms with Crippen LogP contribution in [0, 0.1) is 13.8 Å². The summed E-state index contributed by atoms with van der Waals surface area (Å²) in [5.41, 5.74) is 3.89. The number of anilines is 2. The van der Waals surface area contributed by atoms with Crippen molar-refractivity contribution in [1.29, 1.82) is 0 Å². The minimum Gasteiger partial charge on any atom is -0.483 e. The number of para-hydroxylation sites is 2. The summed E-state index contributed by atoms with van der Waals surface area (Å²) in [6.45, 7) is 8.40. The van der Waals surface area contributed by atoms with Crippen LogP contribution in [0.15, 0.2) is 42.5 Å². The lowest BCUT2D eigenvalue weighted by molar-refractivity contribution is -0.129. The van der Waals surface area contributed by atoms with E-state index in [0.717, 1.165) is 41.3 Å². The van der Waals surface area contributed by atoms with Gasteiger partial charge in [0, 0.05) is 33.1 Å². The van der Waals surface area contributed by atoms with Gasteiger partial charge in [-0.05, 0) is 37.6 Å². The van der Waals surface area contributed by atoms with Crippen molar-refractivity contribution >= 4 is 23.2 Å². The molecule has 6 nitrogen and oxygen atoms in total. The molecule has 0 spiro atoms. The van der Waals surface area contributed by atoms with Crippen LogP contribution < -0.4 is 15.0 Å². The highest BCUT2D eigenvalue weighted by atomic mass is 16.5. The van der Waals surface area contributed by atoms with Crippen molar-refractivity contribution in [3.63, 3.8) is 0 Å². The average molecular weight is 381 g/mol. The number of benzene rings is 2. The largest absolute Gasteiger partial charge is 0.483 e. The number of aryl methyl sites for hydroxylation is 2. The molecule has 6 heteroatoms. The van der Waals surface area contributed by atoms with E-state index in [0.29, 0.717) is 13.1 Å². The second-order valence-corrected chi connectivity index (χ2v) is 7.12. The number of carbonyl (C=O) groups is 2. The Balaban J connectivity index is 1.61. The van der Waals surface area contributed by atoms with Crippen molar-refractivity contribution in [3.8, 4) is 5.75 Å². The molecule has 0 aliphatic carbocycles. The van der Waals surface area contributed by atoms with Crippen LogP contribution in [0.5, 0.6) is 5.75 Å². The molecule has 2 aromatic carbocycles. The maximum absolute atomic E-state index is 12.4. The summed E-state index contributed by atoms with van der Waals surface area (Å²) in [6, 6.07) is 13.6. The van der Waals surface area contributed by atoms with Crippen LogP contribution in [-0.2, 0) is 9.59 Å². The molecule has 3 rings (SSSR count). The molecular formula is C22H27N3O3. The highest BCUT2D eigenvalue weighted by Gasteiger charge is 2.21. The fourth-order valence-corrected chi connectivity index (χ4v) is 3.41. The summed E-state index contributed by atoms with van der Waals surface area (Å²) in [5, 5.41) is 2.96. The Morgan fingerprint density at radius 2 is 1.75 bits per heavy atom. The number of carbonyl (C=O) groups excluding carboxylic acids is 2. The number of hydrogen-bond acceptors (Lipinski definition) is 4. The molecule has 0 unspecified atom stereocenters. The first-order chi connectivity index (χ1) is 13.4. The Kier molecular flexibility index (Phi) is 6.19. The monoisotopic (exact) mass is 381 g/mol. The van der Waals surface area contributed by atoms with Gasteiger partial charge < -0.3 is 19.9 Å². The van der Waals surface area contributed by atoms with Crippen LogP contribution in [0.1, 0.15) is 18.1 Å². The van der Waals surface area contributed by atoms with Gasteiger partial charge in [-0.3, -0.25) is 9.59 Å². The van der Waals surface area contributed by atoms with Gasteiger partial charge in [-0.2, -0.15) is 0 Å². The average Bonchev–Trinajstić information content (AvgIpc) is 2.68. The number of piperazine rings is 1. The number of nitrogens with one attached hydrogen (secondary N) is 1. The zero-order valence-corrected chi connectivity index (χ0v) is 16.7. The van der Waals surface area contributed by atoms with Gasteiger partial charge in [0.05, 0.1) is 11.4 Å². The molecule has 28 heavy (non-hydrogen) atoms. The Morgan fingerprint density at radius 1 is 1.04 bits per heavy atom. The first-order valence-electron chi connectivity index (χ1n) is 9.53. The molecule has 2 aromatic rings. The Bertz CT molecular complexity index is 858. The van der Waals surface area contributed by atoms with Crippen molar-refractivity contribution in [3.05, 3.63) is 53.6 Å². The van der Waals surface area contributed by atoms with E-state index in [2.05, 4.69) is 10.2 Å². The molecule has 1 N–H and O–H groups in total. The zero-order valence-electron chi connectivity index (χ0n) is 16.7. The zero-order chi connectivity index (χ0) is 20.1. The summed E-state index contributed by atoms with van der Waals surface area (Å²) in [7, 11) is 0. The van der Waals surface area contributed by atoms with Crippen LogP contribution in [0.25, 0.3) is 0 Å². The predicted molar refractivity (Wildman–Crippen MR) is 111 cm³/mol. The molecule has 148 valence electrons. The van der Waals surface area contributed by atoms with E-state index < -0.39 is 0 Å². The molecule has 0 bridgehead atoms. The van der Waals surface area contributed by atoms with Gasteiger partial charge in [0.15, 0.2) is 6.61 Å². The van der Waals surface area contributed by atoms with E-state index in [1.165, 1.54) is 0 Å². The van der Waals surface area contributed by atoms with E-state index >= 15 is 0 Å². The molecule has 0 radical (unpaired) electrons. The van der Waals surface area contributed by atoms with Crippen molar-refractivity contribution in [2.24, 2.45) is 0 Å². The number of hydrogen-bond donors (Lipinski definition) is 1. The summed E-state index contributed by atoms with van der Waals surface area (Å²) >= 11 is 0. The SMILES string of the molecule is CC(=O)N1CCN(c2ccccc2NC(=O)COc2ccc(C)cc2C)CC1. The van der Waals surface area contributed by atoms with Crippen LogP contribution in [0.2, 0.25) is 0 Å². The lowest BCUT2D eigenvalue weighted by Crippen LogP contribution is -2.48. The van der Waals surface area contributed by atoms with E-state index in [9.17, 15) is 9.59 Å². The molecule has 0 aromatic heterocycles. The third-order valence-corrected chi connectivity index (χ3v) is 4.93. The first kappa shape index (κ1) is 19.7. The summed E-state index contributed by atoms with van der Waals surface area (Å²) < 4.78 is 5.68. The standard InChI is InChI=1S/C22H27N3O3/c1-16-8-9-21(17(2)14-16)28-15-22(27)23-19-6-4-5-7-20(19)25-12-10-24(11-13-25)18(3)26/h4-9,14H,10-13,15H2,1-3H3,(H,23,27). The number of ether oxygens (including phenoxy) is 1. The fraction of sp³-hybridized carbons (Fsp3) is 0.364. The third kappa shape index (κ3) is 4.82. The molecule has 0 atom stereocenters. The van der Waals surface area contributed by atoms with Gasteiger partial charge >= 0.3 is 0 Å². The molecular weight excluding hydrogens is 354 g/mol. The summed E-state index contributed by atoms with van der Waals surface area (Å²) in [5.74, 6) is 0.619. The number of nitrogens with zero attached hydrogens (tertiary/aromatic N) is 2. The quantitative estimate of drug-likeness (QED) is 0.865. The maximum Gasteiger partial charge on any atom is 0.262 e. The summed E-state index contributed by atoms with van der Waals surface area (Å²) in [6.07, 6.45) is 0. The minimum absolute atomic E-state index is 0.0453. The van der Waals surface area contributed by atoms with Crippen molar-refractivity contribution in [1.82, 2.24) is 4.90 Å². The Morgan fingerprint density at radius 3 is 2.43 bits per heavy atom. The minimum atomic E-state index is -0.199. The smallest absolute Gasteiger partial charge is 0.262 e. The fourth-order valence-electron chi connectivity index (χ4n) is 3.41. The first-order valence-corrected chi connectivity index (χ1v) is 9.53. The van der Waals surface area contributed by atoms with Crippen LogP contribution >= 0.6 is 0 Å². The lowest BCUT2D eigenvalue weighted by atomic mass is 10.1. The van der Waals surface area contributed by atoms with Gasteiger partial charge in [0.2, 0.25) is 5.91 Å². The highest BCUT2D eigenvalue weighted by Crippen LogP contribution is 2.27. The Labute approximate surface area is 166 Å². The third-order valence-electron chi connectivity index (χ3n) is 4.93. The predicted octanol–water partition coefficient (Wildman–Crippen LogP) is 2.99. The van der Waals surface area contributed by atoms with Crippen molar-refractivity contribution in [2.45, 2.75) is 20.8 Å². The molecule has 0 saturated carbocycles. The van der Waals surface area contributed by atoms with Gasteiger partial charge in [0.1, 0.15) is 5.75 Å². The van der Waals surface area contributed by atoms with Crippen LogP contribution in [0.3, 0.4) is 0 Å². The molecule has 1 aliphatic rings. The second kappa shape index (κ2) is 8.78. The lowest BCUT2D eigenvalue weighted by Gasteiger charge is -2.36. The van der Waals surface area contributed by atoms with Crippen LogP contribution in [-0.4, -0.2) is 49.5 Å². The van der Waals surface area contributed by atoms with Crippen molar-refractivity contribution < 1.29 is 14.3 Å². The molecule has 2 amide bonds. The van der Waals surface area contributed by atoms with E-state index in [-0.39, 0.29) is 18.4 Å². The van der Waals surface area contributed by atoms with E-state index in [1.54, 1.807) is 6.92 Å². The van der Waals surface area contributed by atoms with E-state index in [1.807, 2.05) is 61.2 Å². The maximum atomic E-state index is 12.4. The Hall–Kier alpha value is -3.02. The number of amides is 2. The van der Waals surface area contributed by atoms with Gasteiger partial charge in [0.25, 0.3) is 5.91 Å². The molecule has 1 fully saturated rings. The topological polar surface area (TPSA) is 61.9 Å². The van der Waals surface area contributed by atoms with Crippen molar-refractivity contribution in [2.75, 3.05) is 43.0 Å². The molecule has 1 heterocycles. The summed E-state index contributed by atoms with van der Waals surface area (Å²) in [4.78, 5) is 28.0. The van der Waals surface area contributed by atoms with Gasteiger partial charge in [-0.15, -0.1) is 0 Å². The van der Waals surface area contributed by atoms with Crippen LogP contribution in [0.4, 0.5) is 11.4 Å². The van der Waals surface area contributed by atoms with Gasteiger partial charge in [-0.1, -0.05) is 29.8 Å². The second-order valence-electron chi connectivity index (χ2n) is 7.12. The normalized spacial score (nSPS) is 14.0. The van der Waals surface area contributed by atoms with E-state index in [4.69, 9.17) is 4.74 Å². The molecule has 1 saturated heterocycles. The highest BCUT2D eigenvalue weighted by molar-refractivity contribution is 5.95. The van der Waals surface area contributed by atoms with Gasteiger partial charge in [-0.25, -0.2) is 0 Å².